The molecule has 1 atom stereocenters. The molecule has 0 saturated carbocycles. The quantitative estimate of drug-likeness (QED) is 0.442. The molecule has 1 N–H and O–H groups in total. The van der Waals surface area contributed by atoms with E-state index in [9.17, 15) is 18.8 Å². The van der Waals surface area contributed by atoms with Gasteiger partial charge in [0.25, 0.3) is 5.91 Å². The lowest BCUT2D eigenvalue weighted by atomic mass is 10.1. The zero-order chi connectivity index (χ0) is 27.2. The third-order valence-corrected chi connectivity index (χ3v) is 6.49. The lowest BCUT2D eigenvalue weighted by Crippen LogP contribution is -2.46. The Kier molecular flexibility index (Phi) is 7.85. The number of ether oxygens (including phenoxy) is 4. The highest BCUT2D eigenvalue weighted by Crippen LogP contribution is 2.35. The topological polar surface area (TPSA) is 103 Å². The Morgan fingerprint density at radius 3 is 2.23 bits per heavy atom. The Morgan fingerprint density at radius 2 is 1.56 bits per heavy atom. The number of esters is 1. The molecule has 3 aromatic carbocycles. The maximum atomic E-state index is 13.1. The first-order valence-electron chi connectivity index (χ1n) is 12.5. The zero-order valence-corrected chi connectivity index (χ0v) is 21.0. The number of carbonyl (C=O) groups is 3. The van der Waals surface area contributed by atoms with Gasteiger partial charge in [0.15, 0.2) is 5.79 Å². The smallest absolute Gasteiger partial charge is 0.329 e. The highest BCUT2D eigenvalue weighted by Gasteiger charge is 2.53. The normalized spacial score (nSPS) is 17.7. The van der Waals surface area contributed by atoms with Gasteiger partial charge in [-0.25, -0.2) is 9.18 Å². The maximum absolute atomic E-state index is 13.1. The van der Waals surface area contributed by atoms with Crippen LogP contribution in [0.5, 0.6) is 11.5 Å². The molecule has 2 fully saturated rings. The first-order valence-corrected chi connectivity index (χ1v) is 12.5. The summed E-state index contributed by atoms with van der Waals surface area (Å²) in [5, 5.41) is 2.60. The molecule has 2 amide bonds. The molecule has 0 unspecified atom stereocenters. The third-order valence-electron chi connectivity index (χ3n) is 6.49. The van der Waals surface area contributed by atoms with Gasteiger partial charge in [0.1, 0.15) is 30.0 Å². The van der Waals surface area contributed by atoms with Gasteiger partial charge in [-0.1, -0.05) is 30.3 Å². The number of nitrogens with one attached hydrogen (secondary N) is 1. The molecule has 202 valence electrons. The van der Waals surface area contributed by atoms with Gasteiger partial charge in [0.2, 0.25) is 5.91 Å². The fourth-order valence-electron chi connectivity index (χ4n) is 4.52. The summed E-state index contributed by atoms with van der Waals surface area (Å²) >= 11 is 0. The Morgan fingerprint density at radius 1 is 0.923 bits per heavy atom. The van der Waals surface area contributed by atoms with Crippen LogP contribution in [0.1, 0.15) is 22.3 Å². The minimum Gasteiger partial charge on any atom is -0.459 e. The predicted molar refractivity (Wildman–Crippen MR) is 136 cm³/mol. The SMILES string of the molecule is O=C(NCC(=O)N1CC2(C[C@H]1C(=O)OCc1ccccc1)OCCO2)c1ccc(Oc2ccc(F)cc2)cc1. The van der Waals surface area contributed by atoms with Crippen LogP contribution in [0.4, 0.5) is 4.39 Å². The van der Waals surface area contributed by atoms with Gasteiger partial charge in [-0.3, -0.25) is 9.59 Å². The second-order valence-corrected chi connectivity index (χ2v) is 9.21. The average molecular weight is 535 g/mol. The van der Waals surface area contributed by atoms with E-state index in [1.165, 1.54) is 29.2 Å². The summed E-state index contributed by atoms with van der Waals surface area (Å²) in [5.74, 6) is -2.01. The minimum absolute atomic E-state index is 0.0578. The number of halogens is 1. The molecule has 0 aliphatic carbocycles. The van der Waals surface area contributed by atoms with Crippen LogP contribution in [0.15, 0.2) is 78.9 Å². The molecule has 1 spiro atoms. The summed E-state index contributed by atoms with van der Waals surface area (Å²) in [6.45, 7) is 0.537. The number of carbonyl (C=O) groups excluding carboxylic acids is 3. The van der Waals surface area contributed by atoms with Crippen LogP contribution < -0.4 is 10.1 Å². The molecule has 0 radical (unpaired) electrons. The van der Waals surface area contributed by atoms with Crippen LogP contribution in [0.2, 0.25) is 0 Å². The Balaban J connectivity index is 1.18. The van der Waals surface area contributed by atoms with Gasteiger partial charge in [0.05, 0.1) is 26.3 Å². The van der Waals surface area contributed by atoms with E-state index in [4.69, 9.17) is 18.9 Å². The minimum atomic E-state index is -1.06. The molecule has 9 nitrogen and oxygen atoms in total. The van der Waals surface area contributed by atoms with Crippen LogP contribution >= 0.6 is 0 Å². The second kappa shape index (κ2) is 11.6. The van der Waals surface area contributed by atoms with E-state index in [1.807, 2.05) is 30.3 Å². The van der Waals surface area contributed by atoms with Gasteiger partial charge in [0, 0.05) is 12.0 Å². The number of likely N-dealkylation sites (tertiary alicyclic amines) is 1. The van der Waals surface area contributed by atoms with Gasteiger partial charge >= 0.3 is 5.97 Å². The van der Waals surface area contributed by atoms with E-state index < -0.39 is 29.6 Å². The number of benzene rings is 3. The number of nitrogens with zero attached hydrogens (tertiary/aromatic N) is 1. The fraction of sp³-hybridized carbons (Fsp3) is 0.276. The zero-order valence-electron chi connectivity index (χ0n) is 21.0. The van der Waals surface area contributed by atoms with Gasteiger partial charge < -0.3 is 29.2 Å². The van der Waals surface area contributed by atoms with Crippen molar-refractivity contribution in [3.8, 4) is 11.5 Å². The fourth-order valence-corrected chi connectivity index (χ4v) is 4.52. The molecule has 2 saturated heterocycles. The van der Waals surface area contributed by atoms with Crippen molar-refractivity contribution in [2.75, 3.05) is 26.3 Å². The summed E-state index contributed by atoms with van der Waals surface area (Å²) in [6.07, 6.45) is 0.149. The molecule has 0 bridgehead atoms. The van der Waals surface area contributed by atoms with Crippen molar-refractivity contribution in [2.24, 2.45) is 0 Å². The Bertz CT molecular complexity index is 1310. The number of hydrogen-bond donors (Lipinski definition) is 1. The lowest BCUT2D eigenvalue weighted by molar-refractivity contribution is -0.155. The largest absolute Gasteiger partial charge is 0.459 e. The standard InChI is InChI=1S/C29H27FN2O7/c30-22-8-12-24(13-9-22)39-23-10-6-21(7-11-23)27(34)31-17-26(33)32-19-29(37-14-15-38-29)16-25(32)28(35)36-18-20-4-2-1-3-5-20/h1-13,25H,14-19H2,(H,31,34)/t25-/m0/s1. The van der Waals surface area contributed by atoms with E-state index in [2.05, 4.69) is 5.32 Å². The highest BCUT2D eigenvalue weighted by atomic mass is 19.1. The summed E-state index contributed by atoms with van der Waals surface area (Å²) < 4.78 is 35.7. The van der Waals surface area contributed by atoms with Gasteiger partial charge in [-0.15, -0.1) is 0 Å². The van der Waals surface area contributed by atoms with Crippen molar-refractivity contribution in [3.05, 3.63) is 95.8 Å². The van der Waals surface area contributed by atoms with Crippen molar-refractivity contribution >= 4 is 17.8 Å². The summed E-state index contributed by atoms with van der Waals surface area (Å²) in [7, 11) is 0. The van der Waals surface area contributed by atoms with Crippen LogP contribution in [0, 0.1) is 5.82 Å². The maximum Gasteiger partial charge on any atom is 0.329 e. The summed E-state index contributed by atoms with van der Waals surface area (Å²) in [4.78, 5) is 40.1. The molecule has 2 aliphatic heterocycles. The predicted octanol–water partition coefficient (Wildman–Crippen LogP) is 3.44. The molecule has 5 rings (SSSR count). The van der Waals surface area contributed by atoms with Crippen molar-refractivity contribution in [1.29, 1.82) is 0 Å². The summed E-state index contributed by atoms with van der Waals surface area (Å²) in [6, 6.07) is 20.2. The van der Waals surface area contributed by atoms with Crippen molar-refractivity contribution in [3.63, 3.8) is 0 Å². The first kappa shape index (κ1) is 26.3. The van der Waals surface area contributed by atoms with Crippen LogP contribution in [-0.4, -0.2) is 60.8 Å². The van der Waals surface area contributed by atoms with Crippen LogP contribution in [0.3, 0.4) is 0 Å². The molecule has 3 aromatic rings. The Labute approximate surface area is 224 Å². The van der Waals surface area contributed by atoms with Gasteiger partial charge in [-0.05, 0) is 54.1 Å². The first-order chi connectivity index (χ1) is 18.9. The molecule has 39 heavy (non-hydrogen) atoms. The second-order valence-electron chi connectivity index (χ2n) is 9.21. The van der Waals surface area contributed by atoms with Crippen molar-refractivity contribution < 1.29 is 37.7 Å². The molecule has 2 aliphatic rings. The van der Waals surface area contributed by atoms with Crippen molar-refractivity contribution in [1.82, 2.24) is 10.2 Å². The molecular weight excluding hydrogens is 507 g/mol. The van der Waals surface area contributed by atoms with E-state index in [0.29, 0.717) is 30.3 Å². The molecule has 10 heteroatoms. The monoisotopic (exact) mass is 534 g/mol. The van der Waals surface area contributed by atoms with E-state index in [-0.39, 0.29) is 31.9 Å². The number of rotatable bonds is 8. The van der Waals surface area contributed by atoms with Crippen LogP contribution in [-0.2, 0) is 30.4 Å². The lowest BCUT2D eigenvalue weighted by Gasteiger charge is -2.24. The van der Waals surface area contributed by atoms with Gasteiger partial charge in [-0.2, -0.15) is 0 Å². The average Bonchev–Trinajstić information content (AvgIpc) is 3.59. The highest BCUT2D eigenvalue weighted by molar-refractivity contribution is 5.97. The number of amides is 2. The third kappa shape index (κ3) is 6.42. The molecular formula is C29H27FN2O7. The van der Waals surface area contributed by atoms with E-state index >= 15 is 0 Å². The molecule has 2 heterocycles. The van der Waals surface area contributed by atoms with Crippen LogP contribution in [0.25, 0.3) is 0 Å². The number of hydrogen-bond acceptors (Lipinski definition) is 7. The molecule has 0 aromatic heterocycles. The Hall–Kier alpha value is -4.28. The van der Waals surface area contributed by atoms with Crippen molar-refractivity contribution in [2.45, 2.75) is 24.9 Å². The summed E-state index contributed by atoms with van der Waals surface area (Å²) in [5.41, 5.74) is 1.14. The van der Waals surface area contributed by atoms with E-state index in [1.54, 1.807) is 24.3 Å². The van der Waals surface area contributed by atoms with E-state index in [0.717, 1.165) is 5.56 Å².